The third-order valence-electron chi connectivity index (χ3n) is 4.16. The molecule has 20 heavy (non-hydrogen) atoms. The van der Waals surface area contributed by atoms with Crippen molar-refractivity contribution in [1.82, 2.24) is 10.2 Å². The lowest BCUT2D eigenvalue weighted by Gasteiger charge is -2.28. The Balaban J connectivity index is 1.42. The molecule has 0 aliphatic carbocycles. The zero-order chi connectivity index (χ0) is 13.8. The van der Waals surface area contributed by atoms with Gasteiger partial charge < -0.3 is 10.1 Å². The van der Waals surface area contributed by atoms with Gasteiger partial charge >= 0.3 is 0 Å². The standard InChI is InChI=1S/C16H22N2O2/c19-16(15-6-3-11-20-15)17-8-10-18-9-7-13-4-1-2-5-14(13)12-18/h1-2,4-5,15H,3,6-12H2,(H,17,19)/t15-/m1/s1. The molecule has 2 aliphatic heterocycles. The SMILES string of the molecule is O=C(NCCN1CCc2ccccc2C1)[C@H]1CCCO1. The summed E-state index contributed by atoms with van der Waals surface area (Å²) < 4.78 is 5.38. The summed E-state index contributed by atoms with van der Waals surface area (Å²) in [7, 11) is 0. The summed E-state index contributed by atoms with van der Waals surface area (Å²) in [5, 5.41) is 2.99. The van der Waals surface area contributed by atoms with E-state index >= 15 is 0 Å². The van der Waals surface area contributed by atoms with Gasteiger partial charge in [0.15, 0.2) is 0 Å². The van der Waals surface area contributed by atoms with Gasteiger partial charge in [-0.15, -0.1) is 0 Å². The number of ether oxygens (including phenoxy) is 1. The Labute approximate surface area is 120 Å². The van der Waals surface area contributed by atoms with Crippen LogP contribution in [0.5, 0.6) is 0 Å². The summed E-state index contributed by atoms with van der Waals surface area (Å²) in [6.07, 6.45) is 2.76. The van der Waals surface area contributed by atoms with Crippen LogP contribution in [0, 0.1) is 0 Å². The predicted molar refractivity (Wildman–Crippen MR) is 77.4 cm³/mol. The summed E-state index contributed by atoms with van der Waals surface area (Å²) in [5.41, 5.74) is 2.89. The fraction of sp³-hybridized carbons (Fsp3) is 0.562. The van der Waals surface area contributed by atoms with Crippen LogP contribution in [0.1, 0.15) is 24.0 Å². The molecule has 2 aliphatic rings. The first-order valence-corrected chi connectivity index (χ1v) is 7.51. The van der Waals surface area contributed by atoms with Gasteiger partial charge in [0.25, 0.3) is 0 Å². The molecule has 108 valence electrons. The molecular weight excluding hydrogens is 252 g/mol. The van der Waals surface area contributed by atoms with Gasteiger partial charge in [0.1, 0.15) is 6.10 Å². The molecule has 1 atom stereocenters. The average molecular weight is 274 g/mol. The van der Waals surface area contributed by atoms with Crippen LogP contribution in [0.3, 0.4) is 0 Å². The highest BCUT2D eigenvalue weighted by Gasteiger charge is 2.23. The largest absolute Gasteiger partial charge is 0.368 e. The molecule has 4 heteroatoms. The van der Waals surface area contributed by atoms with Crippen LogP contribution in [0.15, 0.2) is 24.3 Å². The summed E-state index contributed by atoms with van der Waals surface area (Å²) in [4.78, 5) is 14.2. The number of benzene rings is 1. The fourth-order valence-corrected chi connectivity index (χ4v) is 2.98. The Hall–Kier alpha value is -1.39. The van der Waals surface area contributed by atoms with E-state index in [0.29, 0.717) is 6.54 Å². The van der Waals surface area contributed by atoms with Crippen molar-refractivity contribution in [3.63, 3.8) is 0 Å². The van der Waals surface area contributed by atoms with Crippen molar-refractivity contribution in [3.05, 3.63) is 35.4 Å². The summed E-state index contributed by atoms with van der Waals surface area (Å²) in [5.74, 6) is 0.0555. The molecule has 4 nitrogen and oxygen atoms in total. The van der Waals surface area contributed by atoms with Crippen molar-refractivity contribution in [2.24, 2.45) is 0 Å². The van der Waals surface area contributed by atoms with Crippen LogP contribution in [-0.4, -0.2) is 43.2 Å². The Morgan fingerprint density at radius 1 is 1.35 bits per heavy atom. The minimum absolute atomic E-state index is 0.0555. The van der Waals surface area contributed by atoms with Crippen molar-refractivity contribution in [3.8, 4) is 0 Å². The molecule has 1 fully saturated rings. The highest BCUT2D eigenvalue weighted by atomic mass is 16.5. The minimum Gasteiger partial charge on any atom is -0.368 e. The number of carbonyl (C=O) groups is 1. The zero-order valence-electron chi connectivity index (χ0n) is 11.8. The second-order valence-electron chi connectivity index (χ2n) is 5.59. The van der Waals surface area contributed by atoms with Gasteiger partial charge in [-0.1, -0.05) is 24.3 Å². The number of rotatable bonds is 4. The number of hydrogen-bond acceptors (Lipinski definition) is 3. The van der Waals surface area contributed by atoms with Crippen LogP contribution in [-0.2, 0) is 22.5 Å². The Morgan fingerprint density at radius 3 is 3.00 bits per heavy atom. The van der Waals surface area contributed by atoms with E-state index in [1.165, 1.54) is 11.1 Å². The maximum atomic E-state index is 11.8. The fourth-order valence-electron chi connectivity index (χ4n) is 2.98. The molecule has 3 rings (SSSR count). The lowest BCUT2D eigenvalue weighted by Crippen LogP contribution is -2.41. The number of nitrogens with one attached hydrogen (secondary N) is 1. The molecular formula is C16H22N2O2. The van der Waals surface area contributed by atoms with Crippen molar-refractivity contribution in [2.45, 2.75) is 31.9 Å². The van der Waals surface area contributed by atoms with E-state index < -0.39 is 0 Å². The average Bonchev–Trinajstić information content (AvgIpc) is 3.01. The van der Waals surface area contributed by atoms with Crippen LogP contribution in [0.2, 0.25) is 0 Å². The molecule has 0 bridgehead atoms. The Morgan fingerprint density at radius 2 is 2.20 bits per heavy atom. The van der Waals surface area contributed by atoms with E-state index in [2.05, 4.69) is 34.5 Å². The Kier molecular flexibility index (Phi) is 4.33. The number of fused-ring (bicyclic) bond motifs is 1. The van der Waals surface area contributed by atoms with E-state index in [4.69, 9.17) is 4.74 Å². The van der Waals surface area contributed by atoms with Gasteiger partial charge in [0, 0.05) is 32.8 Å². The summed E-state index contributed by atoms with van der Waals surface area (Å²) in [6.45, 7) is 4.41. The van der Waals surface area contributed by atoms with Gasteiger partial charge in [0.2, 0.25) is 5.91 Å². The van der Waals surface area contributed by atoms with Crippen LogP contribution >= 0.6 is 0 Å². The van der Waals surface area contributed by atoms with Gasteiger partial charge in [-0.3, -0.25) is 9.69 Å². The first kappa shape index (κ1) is 13.6. The molecule has 1 saturated heterocycles. The molecule has 1 aromatic rings. The smallest absolute Gasteiger partial charge is 0.249 e. The number of amides is 1. The van der Waals surface area contributed by atoms with Gasteiger partial charge in [0.05, 0.1) is 0 Å². The first-order chi connectivity index (χ1) is 9.83. The highest BCUT2D eigenvalue weighted by Crippen LogP contribution is 2.17. The lowest BCUT2D eigenvalue weighted by molar-refractivity contribution is -0.130. The third-order valence-corrected chi connectivity index (χ3v) is 4.16. The molecule has 2 heterocycles. The zero-order valence-corrected chi connectivity index (χ0v) is 11.8. The topological polar surface area (TPSA) is 41.6 Å². The lowest BCUT2D eigenvalue weighted by atomic mass is 10.00. The minimum atomic E-state index is -0.211. The second kappa shape index (κ2) is 6.37. The van der Waals surface area contributed by atoms with E-state index in [9.17, 15) is 4.79 Å². The van der Waals surface area contributed by atoms with Crippen molar-refractivity contribution in [2.75, 3.05) is 26.2 Å². The molecule has 1 aromatic carbocycles. The first-order valence-electron chi connectivity index (χ1n) is 7.51. The van der Waals surface area contributed by atoms with E-state index in [-0.39, 0.29) is 12.0 Å². The Bertz CT molecular complexity index is 469. The van der Waals surface area contributed by atoms with Crippen LogP contribution in [0.25, 0.3) is 0 Å². The van der Waals surface area contributed by atoms with Gasteiger partial charge in [-0.25, -0.2) is 0 Å². The van der Waals surface area contributed by atoms with Crippen LogP contribution in [0.4, 0.5) is 0 Å². The van der Waals surface area contributed by atoms with Crippen LogP contribution < -0.4 is 5.32 Å². The third kappa shape index (κ3) is 3.19. The molecule has 0 spiro atoms. The number of nitrogens with zero attached hydrogens (tertiary/aromatic N) is 1. The number of hydrogen-bond donors (Lipinski definition) is 1. The normalized spacial score (nSPS) is 22.5. The monoisotopic (exact) mass is 274 g/mol. The molecule has 1 N–H and O–H groups in total. The summed E-state index contributed by atoms with van der Waals surface area (Å²) in [6, 6.07) is 8.62. The van der Waals surface area contributed by atoms with E-state index in [0.717, 1.165) is 45.5 Å². The molecule has 0 aromatic heterocycles. The van der Waals surface area contributed by atoms with Gasteiger partial charge in [-0.2, -0.15) is 0 Å². The quantitative estimate of drug-likeness (QED) is 0.901. The van der Waals surface area contributed by atoms with Crippen molar-refractivity contribution in [1.29, 1.82) is 0 Å². The maximum Gasteiger partial charge on any atom is 0.249 e. The van der Waals surface area contributed by atoms with Crippen molar-refractivity contribution >= 4 is 5.91 Å². The predicted octanol–water partition coefficient (Wildman–Crippen LogP) is 1.34. The number of carbonyl (C=O) groups excluding carboxylic acids is 1. The highest BCUT2D eigenvalue weighted by molar-refractivity contribution is 5.80. The maximum absolute atomic E-state index is 11.8. The molecule has 1 amide bonds. The van der Waals surface area contributed by atoms with Gasteiger partial charge in [-0.05, 0) is 30.4 Å². The van der Waals surface area contributed by atoms with Crippen molar-refractivity contribution < 1.29 is 9.53 Å². The summed E-state index contributed by atoms with van der Waals surface area (Å²) >= 11 is 0. The second-order valence-corrected chi connectivity index (χ2v) is 5.59. The molecule has 0 saturated carbocycles. The van der Waals surface area contributed by atoms with E-state index in [1.807, 2.05) is 0 Å². The van der Waals surface area contributed by atoms with E-state index in [1.54, 1.807) is 0 Å². The molecule has 0 radical (unpaired) electrons. The molecule has 0 unspecified atom stereocenters.